The maximum absolute atomic E-state index is 11.2. The van der Waals surface area contributed by atoms with Gasteiger partial charge in [0.15, 0.2) is 0 Å². The summed E-state index contributed by atoms with van der Waals surface area (Å²) < 4.78 is 0. The van der Waals surface area contributed by atoms with E-state index in [4.69, 9.17) is 0 Å². The number of ketones is 2. The Bertz CT molecular complexity index is 304. The number of carbonyl (C=O) groups is 2. The highest BCUT2D eigenvalue weighted by molar-refractivity contribution is 5.76. The molecule has 0 aromatic rings. The lowest BCUT2D eigenvalue weighted by Gasteiger charge is -2.23. The summed E-state index contributed by atoms with van der Waals surface area (Å²) in [5.74, 6) is -0.161. The van der Waals surface area contributed by atoms with Gasteiger partial charge >= 0.3 is 0 Å². The molecule has 96 valence electrons. The van der Waals surface area contributed by atoms with Crippen molar-refractivity contribution in [1.29, 1.82) is 0 Å². The molecule has 0 aliphatic rings. The highest BCUT2D eigenvalue weighted by atomic mass is 16.6. The van der Waals surface area contributed by atoms with Crippen LogP contribution in [-0.2, 0) is 9.59 Å². The summed E-state index contributed by atoms with van der Waals surface area (Å²) in [5, 5.41) is 11.2. The van der Waals surface area contributed by atoms with E-state index in [2.05, 4.69) is 6.58 Å². The molecule has 0 bridgehead atoms. The molecule has 0 atom stereocenters. The first-order valence-corrected chi connectivity index (χ1v) is 5.58. The predicted octanol–water partition coefficient (Wildman–Crippen LogP) is 2.32. The molecule has 0 saturated carbocycles. The van der Waals surface area contributed by atoms with Crippen LogP contribution in [0.15, 0.2) is 12.7 Å². The van der Waals surface area contributed by atoms with Crippen molar-refractivity contribution in [3.8, 4) is 0 Å². The number of carbonyl (C=O) groups excluding carboxylic acids is 2. The minimum Gasteiger partial charge on any atom is -0.300 e. The largest absolute Gasteiger partial charge is 0.300 e. The average molecular weight is 241 g/mol. The zero-order valence-corrected chi connectivity index (χ0v) is 10.4. The molecule has 5 nitrogen and oxygen atoms in total. The molecular weight excluding hydrogens is 222 g/mol. The molecule has 17 heavy (non-hydrogen) atoms. The smallest absolute Gasteiger partial charge is 0.226 e. The molecule has 0 rings (SSSR count). The monoisotopic (exact) mass is 241 g/mol. The number of hydrogen-bond donors (Lipinski definition) is 0. The van der Waals surface area contributed by atoms with Crippen LogP contribution in [0.1, 0.15) is 46.0 Å². The quantitative estimate of drug-likeness (QED) is 0.352. The van der Waals surface area contributed by atoms with Crippen LogP contribution in [-0.4, -0.2) is 22.0 Å². The molecule has 0 fully saturated rings. The fourth-order valence-corrected chi connectivity index (χ4v) is 1.67. The Morgan fingerprint density at radius 1 is 1.24 bits per heavy atom. The van der Waals surface area contributed by atoms with E-state index >= 15 is 0 Å². The van der Waals surface area contributed by atoms with Gasteiger partial charge in [0.1, 0.15) is 11.6 Å². The summed E-state index contributed by atoms with van der Waals surface area (Å²) in [7, 11) is 0. The van der Waals surface area contributed by atoms with Crippen LogP contribution in [0.2, 0.25) is 0 Å². The van der Waals surface area contributed by atoms with Crippen molar-refractivity contribution in [2.45, 2.75) is 51.5 Å². The summed E-state index contributed by atoms with van der Waals surface area (Å²) in [6.45, 7) is 6.32. The first-order valence-electron chi connectivity index (χ1n) is 5.58. The minimum atomic E-state index is -1.22. The molecule has 0 saturated heterocycles. The molecule has 0 aliphatic heterocycles. The number of nitrogens with zero attached hydrogens (tertiary/aromatic N) is 1. The standard InChI is InChI=1S/C12H19NO4/c1-4-7-12(13(16)17,8-5-10(2)14)9-6-11(3)15/h4H,1,5-9H2,2-3H3. The van der Waals surface area contributed by atoms with Crippen molar-refractivity contribution in [3.63, 3.8) is 0 Å². The molecule has 0 unspecified atom stereocenters. The van der Waals surface area contributed by atoms with Crippen molar-refractivity contribution in [2.24, 2.45) is 0 Å². The SMILES string of the molecule is C=CCC(CCC(C)=O)(CCC(C)=O)[N+](=O)[O-]. The molecule has 0 radical (unpaired) electrons. The van der Waals surface area contributed by atoms with Crippen LogP contribution in [0.5, 0.6) is 0 Å². The number of rotatable bonds is 9. The normalized spacial score (nSPS) is 10.9. The van der Waals surface area contributed by atoms with Crippen molar-refractivity contribution in [1.82, 2.24) is 0 Å². The number of nitro groups is 1. The first-order chi connectivity index (χ1) is 7.84. The van der Waals surface area contributed by atoms with E-state index in [1.807, 2.05) is 0 Å². The second-order valence-electron chi connectivity index (χ2n) is 4.38. The highest BCUT2D eigenvalue weighted by Gasteiger charge is 2.41. The first kappa shape index (κ1) is 15.5. The number of hydrogen-bond acceptors (Lipinski definition) is 4. The number of Topliss-reactive ketones (excluding diaryl/α,β-unsaturated/α-hetero) is 2. The second kappa shape index (κ2) is 6.93. The third kappa shape index (κ3) is 5.38. The zero-order chi connectivity index (χ0) is 13.5. The van der Waals surface area contributed by atoms with Gasteiger partial charge in [0, 0.05) is 37.0 Å². The second-order valence-corrected chi connectivity index (χ2v) is 4.38. The van der Waals surface area contributed by atoms with Crippen molar-refractivity contribution in [2.75, 3.05) is 0 Å². The predicted molar refractivity (Wildman–Crippen MR) is 64.4 cm³/mol. The van der Waals surface area contributed by atoms with E-state index in [0.29, 0.717) is 0 Å². The van der Waals surface area contributed by atoms with Gasteiger partial charge in [-0.15, -0.1) is 6.58 Å². The lowest BCUT2D eigenvalue weighted by atomic mass is 9.84. The highest BCUT2D eigenvalue weighted by Crippen LogP contribution is 2.28. The molecule has 0 aromatic carbocycles. The third-order valence-electron chi connectivity index (χ3n) is 2.80. The fraction of sp³-hybridized carbons (Fsp3) is 0.667. The van der Waals surface area contributed by atoms with Gasteiger partial charge in [-0.3, -0.25) is 10.1 Å². The molecule has 0 aromatic heterocycles. The molecule has 0 spiro atoms. The Balaban J connectivity index is 4.83. The van der Waals surface area contributed by atoms with E-state index < -0.39 is 5.54 Å². The maximum atomic E-state index is 11.2. The van der Waals surface area contributed by atoms with E-state index in [9.17, 15) is 19.7 Å². The summed E-state index contributed by atoms with van der Waals surface area (Å²) in [5.41, 5.74) is -1.22. The Kier molecular flexibility index (Phi) is 6.31. The fourth-order valence-electron chi connectivity index (χ4n) is 1.67. The van der Waals surface area contributed by atoms with E-state index in [-0.39, 0.29) is 48.6 Å². The van der Waals surface area contributed by atoms with Crippen molar-refractivity contribution < 1.29 is 14.5 Å². The molecule has 0 amide bonds. The molecule has 5 heteroatoms. The van der Waals surface area contributed by atoms with Gasteiger partial charge < -0.3 is 9.59 Å². The topological polar surface area (TPSA) is 77.3 Å². The van der Waals surface area contributed by atoms with Crippen LogP contribution < -0.4 is 0 Å². The Labute approximate surface area is 101 Å². The van der Waals surface area contributed by atoms with Gasteiger partial charge in [-0.25, -0.2) is 0 Å². The van der Waals surface area contributed by atoms with Crippen LogP contribution in [0.25, 0.3) is 0 Å². The van der Waals surface area contributed by atoms with Gasteiger partial charge in [0.25, 0.3) is 0 Å². The molecule has 0 heterocycles. The van der Waals surface area contributed by atoms with Gasteiger partial charge in [-0.2, -0.15) is 0 Å². The lowest BCUT2D eigenvalue weighted by Crippen LogP contribution is -2.38. The van der Waals surface area contributed by atoms with Crippen molar-refractivity contribution >= 4 is 11.6 Å². The molecule has 0 aliphatic carbocycles. The zero-order valence-electron chi connectivity index (χ0n) is 10.4. The third-order valence-corrected chi connectivity index (χ3v) is 2.80. The molecule has 0 N–H and O–H groups in total. The summed E-state index contributed by atoms with van der Waals surface area (Å²) in [4.78, 5) is 32.7. The maximum Gasteiger partial charge on any atom is 0.226 e. The van der Waals surface area contributed by atoms with Gasteiger partial charge in [-0.05, 0) is 13.8 Å². The minimum absolute atomic E-state index is 0.0805. The summed E-state index contributed by atoms with van der Waals surface area (Å²) in [6, 6.07) is 0. The van der Waals surface area contributed by atoms with Gasteiger partial charge in [0.05, 0.1) is 0 Å². The van der Waals surface area contributed by atoms with Crippen LogP contribution in [0, 0.1) is 10.1 Å². The van der Waals surface area contributed by atoms with Crippen LogP contribution in [0.3, 0.4) is 0 Å². The lowest BCUT2D eigenvalue weighted by molar-refractivity contribution is -0.571. The summed E-state index contributed by atoms with van der Waals surface area (Å²) in [6.07, 6.45) is 2.30. The Morgan fingerprint density at radius 2 is 1.65 bits per heavy atom. The van der Waals surface area contributed by atoms with E-state index in [0.717, 1.165) is 0 Å². The van der Waals surface area contributed by atoms with Gasteiger partial charge in [-0.1, -0.05) is 6.08 Å². The molecular formula is C12H19NO4. The van der Waals surface area contributed by atoms with Gasteiger partial charge in [0.2, 0.25) is 5.54 Å². The summed E-state index contributed by atoms with van der Waals surface area (Å²) >= 11 is 0. The van der Waals surface area contributed by atoms with E-state index in [1.165, 1.54) is 19.9 Å². The van der Waals surface area contributed by atoms with Crippen LogP contribution >= 0.6 is 0 Å². The van der Waals surface area contributed by atoms with E-state index in [1.54, 1.807) is 0 Å². The Hall–Kier alpha value is -1.52. The van der Waals surface area contributed by atoms with Crippen molar-refractivity contribution in [3.05, 3.63) is 22.8 Å². The van der Waals surface area contributed by atoms with Crippen LogP contribution in [0.4, 0.5) is 0 Å². The Morgan fingerprint density at radius 3 is 1.88 bits per heavy atom. The average Bonchev–Trinajstić information content (AvgIpc) is 2.21.